The monoisotopic (exact) mass is 446 g/mol. The van der Waals surface area contributed by atoms with Crippen LogP contribution in [0.3, 0.4) is 0 Å². The molecule has 0 N–H and O–H groups in total. The molecule has 0 radical (unpaired) electrons. The average Bonchev–Trinajstić information content (AvgIpc) is 3.15. The molecular weight excluding hydrogens is 431 g/mol. The number of hydrogen-bond acceptors (Lipinski definition) is 10. The molecule has 2 aromatic heterocycles. The zero-order valence-corrected chi connectivity index (χ0v) is 17.1. The molecule has 0 unspecified atom stereocenters. The molecule has 0 aliphatic carbocycles. The molecule has 156 valence electrons. The topological polar surface area (TPSA) is 132 Å². The first-order valence-electron chi connectivity index (χ1n) is 8.32. The minimum atomic E-state index is -1.70. The number of rotatable bonds is 5. The number of fused-ring (bicyclic) bond motifs is 1. The minimum Gasteiger partial charge on any atom is -0.463 e. The maximum Gasteiger partial charge on any atom is 0.304 e. The Labute approximate surface area is 174 Å². The Morgan fingerprint density at radius 2 is 1.93 bits per heavy atom. The summed E-state index contributed by atoms with van der Waals surface area (Å²) in [7, 11) is 0. The summed E-state index contributed by atoms with van der Waals surface area (Å²) in [5, 5.41) is -0.183. The Morgan fingerprint density at radius 3 is 2.55 bits per heavy atom. The van der Waals surface area contributed by atoms with Crippen LogP contribution < -0.4 is 0 Å². The number of carbonyl (C=O) groups excluding carboxylic acids is 3. The lowest BCUT2D eigenvalue weighted by Crippen LogP contribution is -2.52. The van der Waals surface area contributed by atoms with Crippen molar-refractivity contribution in [1.29, 1.82) is 0 Å². The highest BCUT2D eigenvalue weighted by molar-refractivity contribution is 6.35. The van der Waals surface area contributed by atoms with Crippen LogP contribution in [0, 0.1) is 0 Å². The summed E-state index contributed by atoms with van der Waals surface area (Å²) in [5.74, 6) is -1.91. The van der Waals surface area contributed by atoms with E-state index in [1.807, 2.05) is 0 Å². The molecule has 0 amide bonds. The van der Waals surface area contributed by atoms with E-state index in [0.717, 1.165) is 0 Å². The normalized spacial score (nSPS) is 23.8. The van der Waals surface area contributed by atoms with Crippen molar-refractivity contribution in [2.45, 2.75) is 38.7 Å². The Balaban J connectivity index is 2.16. The molecule has 29 heavy (non-hydrogen) atoms. The van der Waals surface area contributed by atoms with Crippen molar-refractivity contribution in [3.05, 3.63) is 16.8 Å². The second-order valence-corrected chi connectivity index (χ2v) is 6.89. The fourth-order valence-corrected chi connectivity index (χ4v) is 3.50. The van der Waals surface area contributed by atoms with Crippen molar-refractivity contribution >= 4 is 52.3 Å². The van der Waals surface area contributed by atoms with Gasteiger partial charge >= 0.3 is 17.9 Å². The van der Waals surface area contributed by atoms with Crippen LogP contribution in [0.15, 0.2) is 6.33 Å². The van der Waals surface area contributed by atoms with Crippen molar-refractivity contribution in [1.82, 2.24) is 19.5 Å². The third-order valence-electron chi connectivity index (χ3n) is 4.08. The van der Waals surface area contributed by atoms with Crippen LogP contribution in [-0.4, -0.2) is 62.8 Å². The van der Waals surface area contributed by atoms with E-state index in [1.54, 1.807) is 0 Å². The number of esters is 3. The van der Waals surface area contributed by atoms with E-state index < -0.39 is 35.8 Å². The first kappa shape index (κ1) is 21.2. The standard InChI is InChI=1S/C16H16Cl2N4O7/c1-7(23)26-4-10-12(28-8(2)24)16(5-27-10,29-9(3)25)22-6-19-11-13(17)20-15(18)21-14(11)22/h6,10,12H,4-5H2,1-3H3/t10-,12-,16+/m0/s1. The van der Waals surface area contributed by atoms with Crippen molar-refractivity contribution in [2.24, 2.45) is 0 Å². The van der Waals surface area contributed by atoms with Crippen molar-refractivity contribution in [3.8, 4) is 0 Å². The van der Waals surface area contributed by atoms with Crippen LogP contribution >= 0.6 is 23.2 Å². The molecule has 3 heterocycles. The molecule has 0 saturated carbocycles. The Bertz CT molecular complexity index is 982. The lowest BCUT2D eigenvalue weighted by atomic mass is 10.0. The summed E-state index contributed by atoms with van der Waals surface area (Å²) >= 11 is 12.0. The quantitative estimate of drug-likeness (QED) is 0.285. The SMILES string of the molecule is CC(=O)OC[C@@H]1OC[C@](OC(C)=O)(n2cnc3c(Cl)nc(Cl)nc32)[C@H]1OC(C)=O. The first-order valence-corrected chi connectivity index (χ1v) is 9.08. The summed E-state index contributed by atoms with van der Waals surface area (Å²) in [6.07, 6.45) is -0.820. The van der Waals surface area contributed by atoms with Crippen LogP contribution in [0.25, 0.3) is 11.2 Å². The Hall–Kier alpha value is -2.50. The van der Waals surface area contributed by atoms with E-state index in [4.69, 9.17) is 42.1 Å². The van der Waals surface area contributed by atoms with E-state index in [0.29, 0.717) is 0 Å². The predicted octanol–water partition coefficient (Wildman–Crippen LogP) is 1.24. The maximum atomic E-state index is 12.0. The van der Waals surface area contributed by atoms with Gasteiger partial charge in [-0.3, -0.25) is 19.0 Å². The molecule has 0 aromatic carbocycles. The fourth-order valence-electron chi connectivity index (χ4n) is 3.08. The minimum absolute atomic E-state index is 0.0175. The highest BCUT2D eigenvalue weighted by Crippen LogP contribution is 2.38. The van der Waals surface area contributed by atoms with Gasteiger partial charge in [0.05, 0.1) is 0 Å². The third kappa shape index (κ3) is 4.11. The second kappa shape index (κ2) is 8.09. The highest BCUT2D eigenvalue weighted by Gasteiger charge is 2.58. The number of carbonyl (C=O) groups is 3. The van der Waals surface area contributed by atoms with Crippen LogP contribution in [0.1, 0.15) is 20.8 Å². The van der Waals surface area contributed by atoms with Gasteiger partial charge in [0.25, 0.3) is 5.72 Å². The summed E-state index contributed by atoms with van der Waals surface area (Å²) in [5.41, 5.74) is -1.38. The van der Waals surface area contributed by atoms with E-state index in [1.165, 1.54) is 31.7 Å². The van der Waals surface area contributed by atoms with Gasteiger partial charge in [-0.05, 0) is 11.6 Å². The first-order chi connectivity index (χ1) is 13.6. The largest absolute Gasteiger partial charge is 0.463 e. The van der Waals surface area contributed by atoms with Gasteiger partial charge in [-0.25, -0.2) is 9.97 Å². The molecule has 11 nitrogen and oxygen atoms in total. The summed E-state index contributed by atoms with van der Waals surface area (Å²) in [6, 6.07) is 0. The van der Waals surface area contributed by atoms with Crippen molar-refractivity contribution in [2.75, 3.05) is 13.2 Å². The summed E-state index contributed by atoms with van der Waals surface area (Å²) < 4.78 is 23.0. The number of nitrogens with zero attached hydrogens (tertiary/aromatic N) is 4. The van der Waals surface area contributed by atoms with Crippen LogP contribution in [0.4, 0.5) is 0 Å². The van der Waals surface area contributed by atoms with Crippen molar-refractivity contribution in [3.63, 3.8) is 0 Å². The smallest absolute Gasteiger partial charge is 0.304 e. The molecule has 1 aliphatic heterocycles. The van der Waals surface area contributed by atoms with Crippen LogP contribution in [0.2, 0.25) is 10.4 Å². The number of imidazole rings is 1. The molecule has 0 bridgehead atoms. The van der Waals surface area contributed by atoms with Crippen LogP contribution in [0.5, 0.6) is 0 Å². The summed E-state index contributed by atoms with van der Waals surface area (Å²) in [6.45, 7) is 3.10. The Kier molecular flexibility index (Phi) is 5.92. The second-order valence-electron chi connectivity index (χ2n) is 6.19. The zero-order chi connectivity index (χ0) is 21.3. The van der Waals surface area contributed by atoms with Gasteiger partial charge in [-0.1, -0.05) is 11.6 Å². The molecule has 1 fully saturated rings. The lowest BCUT2D eigenvalue weighted by Gasteiger charge is -2.34. The molecule has 3 atom stereocenters. The predicted molar refractivity (Wildman–Crippen MR) is 97.0 cm³/mol. The van der Waals surface area contributed by atoms with Gasteiger partial charge in [0.2, 0.25) is 5.28 Å². The average molecular weight is 447 g/mol. The highest BCUT2D eigenvalue weighted by atomic mass is 35.5. The van der Waals surface area contributed by atoms with Gasteiger partial charge in [-0.2, -0.15) is 4.98 Å². The zero-order valence-electron chi connectivity index (χ0n) is 15.5. The van der Waals surface area contributed by atoms with Gasteiger partial charge in [-0.15, -0.1) is 0 Å². The molecule has 1 saturated heterocycles. The number of aromatic nitrogens is 4. The summed E-state index contributed by atoms with van der Waals surface area (Å²) in [4.78, 5) is 47.0. The van der Waals surface area contributed by atoms with E-state index in [9.17, 15) is 14.4 Å². The third-order valence-corrected chi connectivity index (χ3v) is 4.52. The van der Waals surface area contributed by atoms with Gasteiger partial charge in [0.15, 0.2) is 16.9 Å². The molecular formula is C16H16Cl2N4O7. The molecule has 13 heteroatoms. The lowest BCUT2D eigenvalue weighted by molar-refractivity contribution is -0.196. The number of halogens is 2. The van der Waals surface area contributed by atoms with Gasteiger partial charge < -0.3 is 18.9 Å². The molecule has 1 aliphatic rings. The van der Waals surface area contributed by atoms with Gasteiger partial charge in [0.1, 0.15) is 31.2 Å². The molecule has 2 aromatic rings. The maximum absolute atomic E-state index is 12.0. The molecule has 0 spiro atoms. The van der Waals surface area contributed by atoms with Crippen molar-refractivity contribution < 1.29 is 33.3 Å². The van der Waals surface area contributed by atoms with E-state index >= 15 is 0 Å². The fraction of sp³-hybridized carbons (Fsp3) is 0.500. The van der Waals surface area contributed by atoms with Crippen LogP contribution in [-0.2, 0) is 39.1 Å². The number of ether oxygens (including phenoxy) is 4. The van der Waals surface area contributed by atoms with E-state index in [2.05, 4.69) is 15.0 Å². The van der Waals surface area contributed by atoms with Gasteiger partial charge in [0, 0.05) is 20.8 Å². The number of hydrogen-bond donors (Lipinski definition) is 0. The van der Waals surface area contributed by atoms with E-state index in [-0.39, 0.29) is 34.8 Å². The molecule has 3 rings (SSSR count). The Morgan fingerprint density at radius 1 is 1.21 bits per heavy atom.